The Labute approximate surface area is 91.7 Å². The second kappa shape index (κ2) is 4.78. The van der Waals surface area contributed by atoms with E-state index in [4.69, 9.17) is 5.84 Å². The topological polar surface area (TPSA) is 116 Å². The lowest BCUT2D eigenvalue weighted by Crippen LogP contribution is -2.20. The van der Waals surface area contributed by atoms with Crippen molar-refractivity contribution in [1.29, 1.82) is 0 Å². The molecule has 17 heavy (non-hydrogen) atoms. The summed E-state index contributed by atoms with van der Waals surface area (Å²) in [5, 5.41) is 10.5. The molecule has 0 spiro atoms. The van der Waals surface area contributed by atoms with Gasteiger partial charge >= 0.3 is 11.9 Å². The van der Waals surface area contributed by atoms with Crippen LogP contribution in [-0.4, -0.2) is 27.7 Å². The summed E-state index contributed by atoms with van der Waals surface area (Å²) in [5.41, 5.74) is 1.14. The van der Waals surface area contributed by atoms with Crippen LogP contribution in [0.3, 0.4) is 0 Å². The van der Waals surface area contributed by atoms with E-state index in [2.05, 4.69) is 14.7 Å². The van der Waals surface area contributed by atoms with Crippen LogP contribution in [0.1, 0.15) is 0 Å². The highest BCUT2D eigenvalue weighted by molar-refractivity contribution is 5.42. The summed E-state index contributed by atoms with van der Waals surface area (Å²) in [7, 11) is 0. The highest BCUT2D eigenvalue weighted by Crippen LogP contribution is 2.26. The number of ether oxygens (including phenoxy) is 1. The highest BCUT2D eigenvalue weighted by atomic mass is 19.4. The molecule has 8 nitrogen and oxygen atoms in total. The van der Waals surface area contributed by atoms with E-state index >= 15 is 0 Å². The first-order valence-electron chi connectivity index (χ1n) is 4.01. The van der Waals surface area contributed by atoms with Crippen molar-refractivity contribution in [1.82, 2.24) is 9.97 Å². The third-order valence-electron chi connectivity index (χ3n) is 1.43. The predicted molar refractivity (Wildman–Crippen MR) is 48.0 cm³/mol. The zero-order chi connectivity index (χ0) is 13.1. The van der Waals surface area contributed by atoms with E-state index < -0.39 is 29.3 Å². The molecule has 11 heteroatoms. The molecule has 0 aromatic carbocycles. The van der Waals surface area contributed by atoms with Crippen LogP contribution in [0, 0.1) is 10.1 Å². The Bertz CT molecular complexity index is 424. The minimum atomic E-state index is -4.63. The minimum absolute atomic E-state index is 0.298. The maximum absolute atomic E-state index is 11.9. The lowest BCUT2D eigenvalue weighted by molar-refractivity contribution is -0.386. The Morgan fingerprint density at radius 3 is 2.71 bits per heavy atom. The number of rotatable bonds is 4. The summed E-state index contributed by atoms with van der Waals surface area (Å²) < 4.78 is 39.8. The predicted octanol–water partition coefficient (Wildman–Crippen LogP) is 0.612. The molecule has 0 aliphatic carbocycles. The lowest BCUT2D eigenvalue weighted by Gasteiger charge is -2.08. The van der Waals surface area contributed by atoms with Gasteiger partial charge in [-0.2, -0.15) is 18.2 Å². The first kappa shape index (κ1) is 12.9. The normalized spacial score (nSPS) is 11.1. The summed E-state index contributed by atoms with van der Waals surface area (Å²) in [6.07, 6.45) is -3.94. The van der Waals surface area contributed by atoms with Crippen molar-refractivity contribution in [2.24, 2.45) is 5.84 Å². The molecule has 3 N–H and O–H groups in total. The average Bonchev–Trinajstić information content (AvgIpc) is 2.24. The van der Waals surface area contributed by atoms with Crippen molar-refractivity contribution in [2.45, 2.75) is 6.18 Å². The van der Waals surface area contributed by atoms with E-state index in [1.165, 1.54) is 0 Å². The molecule has 0 fully saturated rings. The smallest absolute Gasteiger partial charge is 0.422 e. The third-order valence-corrected chi connectivity index (χ3v) is 1.43. The number of nitro groups is 1. The number of hydrazine groups is 1. The van der Waals surface area contributed by atoms with E-state index in [9.17, 15) is 23.3 Å². The van der Waals surface area contributed by atoms with Gasteiger partial charge in [0.15, 0.2) is 6.61 Å². The zero-order valence-electron chi connectivity index (χ0n) is 8.06. The van der Waals surface area contributed by atoms with Gasteiger partial charge in [-0.1, -0.05) is 0 Å². The number of halogens is 3. The fraction of sp³-hybridized carbons (Fsp3) is 0.333. The molecular formula is C6H6F3N5O3. The first-order valence-corrected chi connectivity index (χ1v) is 4.01. The van der Waals surface area contributed by atoms with Gasteiger partial charge in [0, 0.05) is 0 Å². The molecule has 0 amide bonds. The van der Waals surface area contributed by atoms with Gasteiger partial charge in [0.2, 0.25) is 5.95 Å². The Balaban J connectivity index is 2.97. The van der Waals surface area contributed by atoms with Crippen molar-refractivity contribution in [3.05, 3.63) is 16.3 Å². The maximum Gasteiger partial charge on any atom is 0.422 e. The van der Waals surface area contributed by atoms with Crippen molar-refractivity contribution in [3.63, 3.8) is 0 Å². The van der Waals surface area contributed by atoms with Crippen LogP contribution in [0.25, 0.3) is 0 Å². The van der Waals surface area contributed by atoms with Crippen LogP contribution < -0.4 is 16.0 Å². The monoisotopic (exact) mass is 253 g/mol. The van der Waals surface area contributed by atoms with E-state index in [-0.39, 0.29) is 5.95 Å². The SMILES string of the molecule is NNc1ncc([N+](=O)[O-])c(OCC(F)(F)F)n1. The number of aromatic nitrogens is 2. The van der Waals surface area contributed by atoms with Crippen LogP contribution in [0.5, 0.6) is 5.88 Å². The lowest BCUT2D eigenvalue weighted by atomic mass is 10.5. The second-order valence-electron chi connectivity index (χ2n) is 2.69. The summed E-state index contributed by atoms with van der Waals surface area (Å²) in [5.74, 6) is 3.80. The first-order chi connectivity index (χ1) is 7.83. The van der Waals surface area contributed by atoms with Crippen molar-refractivity contribution in [2.75, 3.05) is 12.0 Å². The number of hydrogen-bond acceptors (Lipinski definition) is 7. The van der Waals surface area contributed by atoms with Crippen LogP contribution in [0.2, 0.25) is 0 Å². The Hall–Kier alpha value is -2.17. The van der Waals surface area contributed by atoms with Gasteiger partial charge < -0.3 is 4.74 Å². The van der Waals surface area contributed by atoms with Gasteiger partial charge in [0.1, 0.15) is 6.20 Å². The van der Waals surface area contributed by atoms with E-state index in [1.807, 2.05) is 5.43 Å². The van der Waals surface area contributed by atoms with E-state index in [0.29, 0.717) is 6.20 Å². The van der Waals surface area contributed by atoms with Crippen molar-refractivity contribution >= 4 is 11.6 Å². The number of anilines is 1. The third kappa shape index (κ3) is 3.71. The average molecular weight is 253 g/mol. The molecule has 0 atom stereocenters. The quantitative estimate of drug-likeness (QED) is 0.458. The van der Waals surface area contributed by atoms with Gasteiger partial charge in [0.25, 0.3) is 5.88 Å². The van der Waals surface area contributed by atoms with Gasteiger partial charge in [0.05, 0.1) is 4.92 Å². The molecule has 0 radical (unpaired) electrons. The van der Waals surface area contributed by atoms with Crippen LogP contribution in [-0.2, 0) is 0 Å². The second-order valence-corrected chi connectivity index (χ2v) is 2.69. The van der Waals surface area contributed by atoms with Gasteiger partial charge in [-0.3, -0.25) is 15.5 Å². The van der Waals surface area contributed by atoms with Crippen molar-refractivity contribution in [3.8, 4) is 5.88 Å². The van der Waals surface area contributed by atoms with E-state index in [1.54, 1.807) is 0 Å². The molecule has 1 aromatic heterocycles. The van der Waals surface area contributed by atoms with Crippen LogP contribution >= 0.6 is 0 Å². The van der Waals surface area contributed by atoms with Gasteiger partial charge in [-0.15, -0.1) is 0 Å². The Morgan fingerprint density at radius 1 is 1.59 bits per heavy atom. The number of hydrogen-bond donors (Lipinski definition) is 2. The van der Waals surface area contributed by atoms with E-state index in [0.717, 1.165) is 0 Å². The van der Waals surface area contributed by atoms with Gasteiger partial charge in [-0.25, -0.2) is 10.8 Å². The van der Waals surface area contributed by atoms with Crippen LogP contribution in [0.15, 0.2) is 6.20 Å². The Kier molecular flexibility index (Phi) is 3.62. The summed E-state index contributed by atoms with van der Waals surface area (Å²) in [6.45, 7) is -1.70. The molecule has 0 aliphatic rings. The summed E-state index contributed by atoms with van der Waals surface area (Å²) in [4.78, 5) is 16.2. The molecule has 0 unspecified atom stereocenters. The standard InChI is InChI=1S/C6H6F3N5O3/c7-6(8,9)2-17-4-3(14(15)16)1-11-5(12-4)13-10/h1H,2,10H2,(H,11,12,13). The fourth-order valence-electron chi connectivity index (χ4n) is 0.811. The molecule has 0 saturated heterocycles. The van der Waals surface area contributed by atoms with Gasteiger partial charge in [-0.05, 0) is 0 Å². The molecular weight excluding hydrogens is 247 g/mol. The minimum Gasteiger partial charge on any atom is -0.463 e. The molecule has 0 bridgehead atoms. The molecule has 1 rings (SSSR count). The summed E-state index contributed by atoms with van der Waals surface area (Å²) in [6, 6.07) is 0. The summed E-state index contributed by atoms with van der Waals surface area (Å²) >= 11 is 0. The number of nitrogens with two attached hydrogens (primary N) is 1. The van der Waals surface area contributed by atoms with Crippen LogP contribution in [0.4, 0.5) is 24.8 Å². The molecule has 1 aromatic rings. The molecule has 94 valence electrons. The van der Waals surface area contributed by atoms with Crippen molar-refractivity contribution < 1.29 is 22.8 Å². The molecule has 0 saturated carbocycles. The number of nitrogen functional groups attached to an aromatic ring is 1. The number of alkyl halides is 3. The molecule has 0 aliphatic heterocycles. The molecule has 1 heterocycles. The largest absolute Gasteiger partial charge is 0.463 e. The Morgan fingerprint density at radius 2 is 2.24 bits per heavy atom. The number of nitrogens with zero attached hydrogens (tertiary/aromatic N) is 3. The highest BCUT2D eigenvalue weighted by Gasteiger charge is 2.31. The fourth-order valence-corrected chi connectivity index (χ4v) is 0.811. The maximum atomic E-state index is 11.9. The zero-order valence-corrected chi connectivity index (χ0v) is 8.06. The number of nitrogens with one attached hydrogen (secondary N) is 1.